The number of rotatable bonds is 1. The molecule has 11 heteroatoms. The summed E-state index contributed by atoms with van der Waals surface area (Å²) in [6.45, 7) is -0.278. The maximum absolute atomic E-state index is 9.24. The zero-order valence-electron chi connectivity index (χ0n) is 6.44. The molecule has 3 N–H and O–H groups in total. The second-order valence-electron chi connectivity index (χ2n) is 1.10. The first-order valence-corrected chi connectivity index (χ1v) is 4.03. The van der Waals surface area contributed by atoms with E-state index in [4.69, 9.17) is 28.0 Å². The van der Waals surface area contributed by atoms with Crippen LogP contribution in [0.2, 0.25) is 0 Å². The molecule has 0 aromatic carbocycles. The van der Waals surface area contributed by atoms with Gasteiger partial charge in [-0.05, 0) is 0 Å². The van der Waals surface area contributed by atoms with Gasteiger partial charge in [0.1, 0.15) is 0 Å². The first-order chi connectivity index (χ1) is 5.68. The minimum atomic E-state index is -5.17. The van der Waals surface area contributed by atoms with Gasteiger partial charge in [0, 0.05) is 10.4 Å². The summed E-state index contributed by atoms with van der Waals surface area (Å²) in [6.07, 6.45) is 0. The molecule has 0 unspecified atom stereocenters. The minimum Gasteiger partial charge on any atom is -0.759 e. The van der Waals surface area contributed by atoms with Gasteiger partial charge in [-0.3, -0.25) is 13.2 Å². The maximum atomic E-state index is 9.24. The number of aliphatic carboxylic acids is 1. The Balaban J connectivity index is -0.0000000535. The van der Waals surface area contributed by atoms with E-state index in [2.05, 4.69) is 18.0 Å². The first kappa shape index (κ1) is 23.4. The summed E-state index contributed by atoms with van der Waals surface area (Å²) < 4.78 is 34.1. The van der Waals surface area contributed by atoms with E-state index in [9.17, 15) is 4.79 Å². The summed E-state index contributed by atoms with van der Waals surface area (Å²) in [5, 5.41) is 16.1. The molecule has 8 nitrogen and oxygen atoms in total. The van der Waals surface area contributed by atoms with E-state index in [1.807, 2.05) is 0 Å². The molecule has 0 aromatic heterocycles. The second-order valence-corrected chi connectivity index (χ2v) is 2.10. The fourth-order valence-electron chi connectivity index (χ4n) is 0. The molecule has 1 radical (unpaired) electrons. The Labute approximate surface area is 96.3 Å². The number of hydrogen-bond acceptors (Lipinski definition) is 7. The number of carbonyl (C=O) groups is 1. The van der Waals surface area contributed by atoms with Gasteiger partial charge in [-0.15, -0.1) is 0 Å². The quantitative estimate of drug-likeness (QED) is 0.249. The monoisotopic (exact) mass is 281 g/mol. The summed E-state index contributed by atoms with van der Waals surface area (Å²) in [5.74, 6) is -0.968. The molecule has 0 amide bonds. The number of hydrogen-bond donors (Lipinski definition) is 2. The van der Waals surface area contributed by atoms with E-state index in [1.54, 1.807) is 0 Å². The van der Waals surface area contributed by atoms with Gasteiger partial charge in [0.2, 0.25) is 0 Å². The number of nitrogens with zero attached hydrogens (tertiary/aromatic N) is 1. The normalized spacial score (nSPS) is 7.36. The molecule has 0 aliphatic heterocycles. The molecule has 81 valence electrons. The molecule has 0 bridgehead atoms. The molecule has 0 aliphatic rings. The summed E-state index contributed by atoms with van der Waals surface area (Å²) in [5.41, 5.74) is 4.57. The smallest absolute Gasteiger partial charge is 0.759 e. The molecule has 0 fully saturated rings. The Morgan fingerprint density at radius 2 is 1.64 bits per heavy atom. The van der Waals surface area contributed by atoms with Crippen molar-refractivity contribution in [2.45, 2.75) is 0 Å². The number of carboxylic acid groups (broad SMARTS) is 1. The summed E-state index contributed by atoms with van der Waals surface area (Å²) in [4.78, 5) is 9.24. The van der Waals surface area contributed by atoms with Crippen molar-refractivity contribution in [2.24, 2.45) is 5.73 Å². The van der Waals surface area contributed by atoms with E-state index in [1.165, 1.54) is 5.16 Å². The minimum absolute atomic E-state index is 0. The average Bonchev–Trinajstić information content (AvgIpc) is 1.85. The van der Waals surface area contributed by atoms with Crippen molar-refractivity contribution >= 4 is 33.7 Å². The van der Waals surface area contributed by atoms with Crippen LogP contribution < -0.4 is 5.73 Å². The Morgan fingerprint density at radius 3 is 1.64 bits per heavy atom. The van der Waals surface area contributed by atoms with Gasteiger partial charge in [0.05, 0.1) is 6.54 Å². The van der Waals surface area contributed by atoms with Crippen LogP contribution in [-0.2, 0) is 32.6 Å². The third-order valence-corrected chi connectivity index (χ3v) is 0.175. The van der Waals surface area contributed by atoms with Crippen LogP contribution >= 0.6 is 12.2 Å². The number of isothiocyanates is 1. The van der Waals surface area contributed by atoms with Gasteiger partial charge in [0.15, 0.2) is 0 Å². The third kappa shape index (κ3) is 493. The Bertz CT molecular complexity index is 250. The van der Waals surface area contributed by atoms with Crippen molar-refractivity contribution in [2.75, 3.05) is 6.54 Å². The Kier molecular flexibility index (Phi) is 25.3. The third-order valence-electron chi connectivity index (χ3n) is 0.175. The Morgan fingerprint density at radius 1 is 1.57 bits per heavy atom. The molecule has 0 atom stereocenters. The zero-order valence-corrected chi connectivity index (χ0v) is 9.35. The van der Waals surface area contributed by atoms with Crippen molar-refractivity contribution in [3.8, 4) is 0 Å². The van der Waals surface area contributed by atoms with Crippen LogP contribution in [-0.4, -0.2) is 40.3 Å². The fraction of sp³-hybridized carbons (Fsp3) is 0.333. The van der Waals surface area contributed by atoms with E-state index >= 15 is 0 Å². The average molecular weight is 281 g/mol. The van der Waals surface area contributed by atoms with Crippen molar-refractivity contribution in [1.29, 1.82) is 0 Å². The van der Waals surface area contributed by atoms with Gasteiger partial charge in [-0.1, -0.05) is 12.2 Å². The van der Waals surface area contributed by atoms with Crippen molar-refractivity contribution in [3.63, 3.8) is 0 Å². The van der Waals surface area contributed by atoms with E-state index in [0.717, 1.165) is 0 Å². The second kappa shape index (κ2) is 15.1. The molecule has 14 heavy (non-hydrogen) atoms. The predicted octanol–water partition coefficient (Wildman–Crippen LogP) is -1.65. The van der Waals surface area contributed by atoms with Crippen LogP contribution in [0.25, 0.3) is 5.41 Å². The van der Waals surface area contributed by atoms with Crippen molar-refractivity contribution in [1.82, 2.24) is 0 Å². The Hall–Kier alpha value is -0.368. The topological polar surface area (TPSA) is 166 Å². The number of thiocarbonyl (C=S) groups is 1. The van der Waals surface area contributed by atoms with Gasteiger partial charge in [-0.2, -0.15) is 5.16 Å². The van der Waals surface area contributed by atoms with Crippen LogP contribution in [0.1, 0.15) is 0 Å². The number of nitrogens with two attached hydrogens (primary N) is 1. The summed E-state index contributed by atoms with van der Waals surface area (Å²) >= 11 is 3.70. The molecule has 0 heterocycles. The SMILES string of the molecule is NCC(=O)O.O=S(=O)([O-])[O-].[Cr+3].[N-]=C=S. The fourth-order valence-corrected chi connectivity index (χ4v) is 0. The van der Waals surface area contributed by atoms with Crippen LogP contribution in [0, 0.1) is 0 Å². The van der Waals surface area contributed by atoms with E-state index in [-0.39, 0.29) is 23.9 Å². The molecule has 0 spiro atoms. The molecule has 0 aliphatic carbocycles. The van der Waals surface area contributed by atoms with Crippen LogP contribution in [0.5, 0.6) is 0 Å². The van der Waals surface area contributed by atoms with E-state index in [0.29, 0.717) is 0 Å². The molecule has 0 aromatic rings. The standard InChI is InChI=1S/C2H5NO2.CNS.Cr.H2O4S/c3-1-2(4)5;2-1-3;;1-5(2,3)4/h1,3H2,(H,4,5);;;(H2,1,2,3,4)/q;-1;+3;/p-2. The maximum Gasteiger partial charge on any atom is 3.00 e. The van der Waals surface area contributed by atoms with Crippen LogP contribution in [0.4, 0.5) is 0 Å². The summed E-state index contributed by atoms with van der Waals surface area (Å²) in [6, 6.07) is 0. The molecule has 0 saturated carbocycles. The molecule has 0 rings (SSSR count). The van der Waals surface area contributed by atoms with Crippen molar-refractivity contribution in [3.05, 3.63) is 5.41 Å². The first-order valence-electron chi connectivity index (χ1n) is 2.28. The van der Waals surface area contributed by atoms with Crippen LogP contribution in [0.15, 0.2) is 0 Å². The van der Waals surface area contributed by atoms with Gasteiger partial charge >= 0.3 is 23.3 Å². The van der Waals surface area contributed by atoms with Gasteiger partial charge < -0.3 is 25.4 Å². The van der Waals surface area contributed by atoms with Crippen molar-refractivity contribution < 1.29 is 44.8 Å². The van der Waals surface area contributed by atoms with Gasteiger partial charge in [0.25, 0.3) is 0 Å². The van der Waals surface area contributed by atoms with E-state index < -0.39 is 16.4 Å². The molecule has 0 saturated heterocycles. The van der Waals surface area contributed by atoms with Gasteiger partial charge in [-0.25, -0.2) is 0 Å². The number of carboxylic acids is 1. The molecular weight excluding hydrogens is 276 g/mol. The zero-order chi connectivity index (χ0) is 11.5. The molecular formula is C3H5CrN2O6S2. The van der Waals surface area contributed by atoms with Crippen LogP contribution in [0.3, 0.4) is 0 Å². The summed E-state index contributed by atoms with van der Waals surface area (Å²) in [7, 11) is -5.17. The largest absolute Gasteiger partial charge is 3.00 e. The predicted molar refractivity (Wildman–Crippen MR) is 43.1 cm³/mol.